The van der Waals surface area contributed by atoms with Crippen LogP contribution in [-0.4, -0.2) is 52.0 Å². The van der Waals surface area contributed by atoms with Gasteiger partial charge in [-0.2, -0.15) is 5.10 Å². The van der Waals surface area contributed by atoms with Crippen molar-refractivity contribution in [3.05, 3.63) is 53.9 Å². The fourth-order valence-electron chi connectivity index (χ4n) is 3.39. The van der Waals surface area contributed by atoms with Gasteiger partial charge in [-0.3, -0.25) is 9.48 Å². The number of rotatable bonds is 7. The quantitative estimate of drug-likeness (QED) is 0.825. The molecule has 0 bridgehead atoms. The first-order valence-electron chi connectivity index (χ1n) is 9.12. The molecule has 2 atom stereocenters. The highest BCUT2D eigenvalue weighted by molar-refractivity contribution is 5.78. The molecular weight excluding hydrogens is 330 g/mol. The predicted octanol–water partition coefficient (Wildman–Crippen LogP) is 2.22. The zero-order valence-corrected chi connectivity index (χ0v) is 15.4. The second kappa shape index (κ2) is 8.47. The molecule has 26 heavy (non-hydrogen) atoms. The zero-order valence-electron chi connectivity index (χ0n) is 15.4. The maximum atomic E-state index is 12.5. The zero-order chi connectivity index (χ0) is 18.5. The normalized spacial score (nSPS) is 20.1. The first-order chi connectivity index (χ1) is 12.6. The van der Waals surface area contributed by atoms with Crippen molar-refractivity contribution in [2.24, 2.45) is 5.92 Å². The van der Waals surface area contributed by atoms with Gasteiger partial charge in [-0.1, -0.05) is 30.3 Å². The lowest BCUT2D eigenvalue weighted by Crippen LogP contribution is -2.32. The van der Waals surface area contributed by atoms with E-state index in [-0.39, 0.29) is 31.0 Å². The second-order valence-electron chi connectivity index (χ2n) is 7.17. The molecule has 1 amide bonds. The van der Waals surface area contributed by atoms with Crippen LogP contribution in [0.4, 0.5) is 0 Å². The topological polar surface area (TPSA) is 67.6 Å². The van der Waals surface area contributed by atoms with Gasteiger partial charge in [-0.15, -0.1) is 0 Å². The number of nitrogens with zero attached hydrogens (tertiary/aromatic N) is 3. The van der Waals surface area contributed by atoms with Gasteiger partial charge in [-0.25, -0.2) is 0 Å². The van der Waals surface area contributed by atoms with Crippen LogP contribution in [-0.2, 0) is 16.1 Å². The number of hydrogen-bond acceptors (Lipinski definition) is 4. The Morgan fingerprint density at radius 3 is 2.73 bits per heavy atom. The first-order valence-corrected chi connectivity index (χ1v) is 9.12. The van der Waals surface area contributed by atoms with Crippen molar-refractivity contribution in [1.82, 2.24) is 14.7 Å². The number of carbonyl (C=O) groups excluding carboxylic acids is 1. The molecule has 0 saturated carbocycles. The van der Waals surface area contributed by atoms with Gasteiger partial charge < -0.3 is 14.7 Å². The minimum Gasteiger partial charge on any atom is -0.396 e. The number of aliphatic hydroxyl groups excluding tert-OH is 1. The summed E-state index contributed by atoms with van der Waals surface area (Å²) < 4.78 is 7.48. The molecule has 140 valence electrons. The van der Waals surface area contributed by atoms with Crippen LogP contribution in [0.15, 0.2) is 42.7 Å². The average Bonchev–Trinajstić information content (AvgIpc) is 3.29. The highest BCUT2D eigenvalue weighted by atomic mass is 16.5. The Kier molecular flexibility index (Phi) is 6.06. The SMILES string of the molecule is CC(C)n1cc([C@@H]2CN(C(=O)COCc3ccccc3)C[C@H]2CO)cn1. The van der Waals surface area contributed by atoms with Crippen LogP contribution in [0.25, 0.3) is 0 Å². The van der Waals surface area contributed by atoms with Crippen LogP contribution >= 0.6 is 0 Å². The third-order valence-corrected chi connectivity index (χ3v) is 4.94. The molecule has 6 heteroatoms. The van der Waals surface area contributed by atoms with Gasteiger partial charge in [0.25, 0.3) is 0 Å². The number of likely N-dealkylation sites (tertiary alicyclic amines) is 1. The Morgan fingerprint density at radius 2 is 2.08 bits per heavy atom. The Hall–Kier alpha value is -2.18. The average molecular weight is 357 g/mol. The summed E-state index contributed by atoms with van der Waals surface area (Å²) in [4.78, 5) is 14.3. The number of carbonyl (C=O) groups is 1. The third kappa shape index (κ3) is 4.31. The molecule has 1 aliphatic heterocycles. The monoisotopic (exact) mass is 357 g/mol. The van der Waals surface area contributed by atoms with E-state index in [4.69, 9.17) is 4.74 Å². The molecule has 6 nitrogen and oxygen atoms in total. The molecule has 1 N–H and O–H groups in total. The van der Waals surface area contributed by atoms with Crippen molar-refractivity contribution in [1.29, 1.82) is 0 Å². The molecule has 0 aliphatic carbocycles. The number of amides is 1. The van der Waals surface area contributed by atoms with E-state index in [1.807, 2.05) is 47.4 Å². The van der Waals surface area contributed by atoms with E-state index >= 15 is 0 Å². The molecule has 0 spiro atoms. The highest BCUT2D eigenvalue weighted by Crippen LogP contribution is 2.32. The summed E-state index contributed by atoms with van der Waals surface area (Å²) in [5.74, 6) is 0.126. The van der Waals surface area contributed by atoms with Crippen LogP contribution < -0.4 is 0 Å². The summed E-state index contributed by atoms with van der Waals surface area (Å²) in [7, 11) is 0. The van der Waals surface area contributed by atoms with Crippen LogP contribution in [0.2, 0.25) is 0 Å². The van der Waals surface area contributed by atoms with Crippen LogP contribution in [0.3, 0.4) is 0 Å². The first kappa shape index (κ1) is 18.6. The number of benzene rings is 1. The van der Waals surface area contributed by atoms with Crippen LogP contribution in [0, 0.1) is 5.92 Å². The Labute approximate surface area is 154 Å². The number of ether oxygens (including phenoxy) is 1. The third-order valence-electron chi connectivity index (χ3n) is 4.94. The molecule has 1 fully saturated rings. The summed E-state index contributed by atoms with van der Waals surface area (Å²) in [6.45, 7) is 5.86. The Bertz CT molecular complexity index is 714. The van der Waals surface area contributed by atoms with Crippen molar-refractivity contribution in [3.8, 4) is 0 Å². The van der Waals surface area contributed by atoms with Gasteiger partial charge in [-0.05, 0) is 25.0 Å². The fourth-order valence-corrected chi connectivity index (χ4v) is 3.39. The summed E-state index contributed by atoms with van der Waals surface area (Å²) in [5.41, 5.74) is 2.13. The van der Waals surface area contributed by atoms with Gasteiger partial charge in [0, 0.05) is 43.8 Å². The Morgan fingerprint density at radius 1 is 1.31 bits per heavy atom. The van der Waals surface area contributed by atoms with E-state index in [1.54, 1.807) is 4.90 Å². The largest absolute Gasteiger partial charge is 0.396 e. The molecule has 0 radical (unpaired) electrons. The lowest BCUT2D eigenvalue weighted by molar-refractivity contribution is -0.135. The molecule has 2 heterocycles. The van der Waals surface area contributed by atoms with Gasteiger partial charge in [0.15, 0.2) is 0 Å². The summed E-state index contributed by atoms with van der Waals surface area (Å²) in [6, 6.07) is 10.1. The number of hydrogen-bond donors (Lipinski definition) is 1. The minimum absolute atomic E-state index is 0.0295. The van der Waals surface area contributed by atoms with E-state index in [9.17, 15) is 9.90 Å². The maximum Gasteiger partial charge on any atom is 0.248 e. The fraction of sp³-hybridized carbons (Fsp3) is 0.500. The van der Waals surface area contributed by atoms with E-state index in [1.165, 1.54) is 0 Å². The van der Waals surface area contributed by atoms with E-state index < -0.39 is 0 Å². The minimum atomic E-state index is -0.0295. The molecule has 2 aromatic rings. The molecule has 1 aromatic carbocycles. The Balaban J connectivity index is 1.56. The van der Waals surface area contributed by atoms with Crippen molar-refractivity contribution < 1.29 is 14.6 Å². The van der Waals surface area contributed by atoms with E-state index in [2.05, 4.69) is 18.9 Å². The lowest BCUT2D eigenvalue weighted by Gasteiger charge is -2.16. The van der Waals surface area contributed by atoms with Crippen LogP contribution in [0.1, 0.15) is 36.9 Å². The molecule has 1 aliphatic rings. The van der Waals surface area contributed by atoms with E-state index in [0.29, 0.717) is 25.7 Å². The standard InChI is InChI=1S/C20H27N3O3/c1-15(2)23-10-17(8-21-23)19-11-22(9-18(19)12-24)20(25)14-26-13-16-6-4-3-5-7-16/h3-8,10,15,18-19,24H,9,11-14H2,1-2H3/t18-,19-/m0/s1. The van der Waals surface area contributed by atoms with Crippen molar-refractivity contribution >= 4 is 5.91 Å². The molecular formula is C20H27N3O3. The maximum absolute atomic E-state index is 12.5. The molecule has 0 unspecified atom stereocenters. The summed E-state index contributed by atoms with van der Waals surface area (Å²) in [5, 5.41) is 14.1. The smallest absolute Gasteiger partial charge is 0.248 e. The van der Waals surface area contributed by atoms with Crippen LogP contribution in [0.5, 0.6) is 0 Å². The molecule has 1 saturated heterocycles. The summed E-state index contributed by atoms with van der Waals surface area (Å²) >= 11 is 0. The van der Waals surface area contributed by atoms with Gasteiger partial charge >= 0.3 is 0 Å². The predicted molar refractivity (Wildman–Crippen MR) is 98.6 cm³/mol. The summed E-state index contributed by atoms with van der Waals surface area (Å²) in [6.07, 6.45) is 3.88. The van der Waals surface area contributed by atoms with Crippen molar-refractivity contribution in [2.45, 2.75) is 32.4 Å². The van der Waals surface area contributed by atoms with E-state index in [0.717, 1.165) is 11.1 Å². The molecule has 3 rings (SSSR count). The molecule has 1 aromatic heterocycles. The van der Waals surface area contributed by atoms with Crippen molar-refractivity contribution in [3.63, 3.8) is 0 Å². The van der Waals surface area contributed by atoms with Gasteiger partial charge in [0.05, 0.1) is 12.8 Å². The van der Waals surface area contributed by atoms with Gasteiger partial charge in [0.1, 0.15) is 6.61 Å². The number of aromatic nitrogens is 2. The van der Waals surface area contributed by atoms with Crippen molar-refractivity contribution in [2.75, 3.05) is 26.3 Å². The lowest BCUT2D eigenvalue weighted by atomic mass is 9.92. The highest BCUT2D eigenvalue weighted by Gasteiger charge is 2.36. The second-order valence-corrected chi connectivity index (χ2v) is 7.17. The number of aliphatic hydroxyl groups is 1. The van der Waals surface area contributed by atoms with Gasteiger partial charge in [0.2, 0.25) is 5.91 Å².